The minimum absolute atomic E-state index is 0.0988. The largest absolute Gasteiger partial charge is 0.370 e. The van der Waals surface area contributed by atoms with Crippen molar-refractivity contribution in [3.8, 4) is 0 Å². The van der Waals surface area contributed by atoms with E-state index in [1.807, 2.05) is 0 Å². The van der Waals surface area contributed by atoms with Crippen LogP contribution in [-0.2, 0) is 9.53 Å². The Bertz CT molecular complexity index is 911. The standard InChI is InChI=1S/C21H21ClFN3O3/c22-16-12-14(23)6-7-15(16)19-13-25(10-11-29-19)21(28)18-5-3-9-26(18)20(27)17-4-1-2-8-24-17/h1-2,4,6-8,12,18-19H,3,5,9-11,13H2/t18-,19?/m0/s1. The summed E-state index contributed by atoms with van der Waals surface area (Å²) in [6.07, 6.45) is 2.53. The Balaban J connectivity index is 1.49. The highest BCUT2D eigenvalue weighted by molar-refractivity contribution is 6.31. The molecule has 2 aromatic rings. The highest BCUT2D eigenvalue weighted by atomic mass is 35.5. The second kappa shape index (κ2) is 8.47. The summed E-state index contributed by atoms with van der Waals surface area (Å²) in [4.78, 5) is 33.5. The minimum atomic E-state index is -0.507. The fourth-order valence-corrected chi connectivity index (χ4v) is 4.20. The van der Waals surface area contributed by atoms with Crippen molar-refractivity contribution < 1.29 is 18.7 Å². The first kappa shape index (κ1) is 19.8. The molecule has 4 rings (SSSR count). The van der Waals surface area contributed by atoms with E-state index in [-0.39, 0.29) is 16.8 Å². The molecule has 1 aromatic carbocycles. The molecule has 1 unspecified atom stereocenters. The molecule has 152 valence electrons. The lowest BCUT2D eigenvalue weighted by molar-refractivity contribution is -0.143. The summed E-state index contributed by atoms with van der Waals surface area (Å²) >= 11 is 6.17. The summed E-state index contributed by atoms with van der Waals surface area (Å²) in [6, 6.07) is 8.81. The molecule has 29 heavy (non-hydrogen) atoms. The lowest BCUT2D eigenvalue weighted by atomic mass is 10.1. The molecule has 0 saturated carbocycles. The Morgan fingerprint density at radius 2 is 2.07 bits per heavy atom. The van der Waals surface area contributed by atoms with Crippen molar-refractivity contribution in [2.24, 2.45) is 0 Å². The van der Waals surface area contributed by atoms with Gasteiger partial charge in [-0.05, 0) is 37.1 Å². The van der Waals surface area contributed by atoms with Gasteiger partial charge in [-0.15, -0.1) is 0 Å². The molecular formula is C21H21ClFN3O3. The molecule has 3 heterocycles. The zero-order valence-corrected chi connectivity index (χ0v) is 16.5. The maximum absolute atomic E-state index is 13.4. The fourth-order valence-electron chi connectivity index (χ4n) is 3.91. The number of nitrogens with zero attached hydrogens (tertiary/aromatic N) is 3. The second-order valence-electron chi connectivity index (χ2n) is 7.18. The van der Waals surface area contributed by atoms with E-state index >= 15 is 0 Å². The van der Waals surface area contributed by atoms with Gasteiger partial charge in [-0.1, -0.05) is 23.7 Å². The molecule has 0 radical (unpaired) electrons. The van der Waals surface area contributed by atoms with E-state index < -0.39 is 18.0 Å². The number of ether oxygens (including phenoxy) is 1. The summed E-state index contributed by atoms with van der Waals surface area (Å²) in [5.41, 5.74) is 0.989. The Kier molecular flexibility index (Phi) is 5.78. The third-order valence-electron chi connectivity index (χ3n) is 5.37. The van der Waals surface area contributed by atoms with Gasteiger partial charge in [0.15, 0.2) is 0 Å². The number of likely N-dealkylation sites (tertiary alicyclic amines) is 1. The SMILES string of the molecule is O=C([C@@H]1CCCN1C(=O)c1ccccn1)N1CCOC(c2ccc(F)cc2Cl)C1. The molecule has 0 bridgehead atoms. The van der Waals surface area contributed by atoms with Crippen LogP contribution in [0.3, 0.4) is 0 Å². The van der Waals surface area contributed by atoms with Crippen LogP contribution in [0.1, 0.15) is 35.0 Å². The maximum Gasteiger partial charge on any atom is 0.273 e. The Morgan fingerprint density at radius 1 is 1.21 bits per heavy atom. The first-order valence-corrected chi connectivity index (χ1v) is 10.00. The molecule has 2 saturated heterocycles. The van der Waals surface area contributed by atoms with Crippen LogP contribution in [0.5, 0.6) is 0 Å². The van der Waals surface area contributed by atoms with Crippen LogP contribution >= 0.6 is 11.6 Å². The lowest BCUT2D eigenvalue weighted by Crippen LogP contribution is -2.51. The first-order chi connectivity index (χ1) is 14.0. The molecule has 2 atom stereocenters. The van der Waals surface area contributed by atoms with E-state index in [1.165, 1.54) is 12.1 Å². The quantitative estimate of drug-likeness (QED) is 0.770. The highest BCUT2D eigenvalue weighted by Gasteiger charge is 2.39. The minimum Gasteiger partial charge on any atom is -0.370 e. The van der Waals surface area contributed by atoms with Crippen molar-refractivity contribution in [1.82, 2.24) is 14.8 Å². The number of carbonyl (C=O) groups is 2. The van der Waals surface area contributed by atoms with E-state index in [0.717, 1.165) is 6.42 Å². The maximum atomic E-state index is 13.4. The second-order valence-corrected chi connectivity index (χ2v) is 7.59. The van der Waals surface area contributed by atoms with Gasteiger partial charge in [0.2, 0.25) is 5.91 Å². The highest BCUT2D eigenvalue weighted by Crippen LogP contribution is 2.30. The van der Waals surface area contributed by atoms with Crippen molar-refractivity contribution in [3.63, 3.8) is 0 Å². The predicted octanol–water partition coefficient (Wildman–Crippen LogP) is 3.08. The molecular weight excluding hydrogens is 397 g/mol. The molecule has 0 aliphatic carbocycles. The fraction of sp³-hybridized carbons (Fsp3) is 0.381. The number of carbonyl (C=O) groups excluding carboxylic acids is 2. The van der Waals surface area contributed by atoms with Crippen LogP contribution in [0.4, 0.5) is 4.39 Å². The average molecular weight is 418 g/mol. The van der Waals surface area contributed by atoms with Crippen LogP contribution in [0.25, 0.3) is 0 Å². The van der Waals surface area contributed by atoms with Gasteiger partial charge in [-0.25, -0.2) is 4.39 Å². The molecule has 1 aromatic heterocycles. The van der Waals surface area contributed by atoms with Gasteiger partial charge >= 0.3 is 0 Å². The van der Waals surface area contributed by atoms with E-state index in [9.17, 15) is 14.0 Å². The number of pyridine rings is 1. The number of halogens is 2. The van der Waals surface area contributed by atoms with E-state index in [0.29, 0.717) is 43.9 Å². The van der Waals surface area contributed by atoms with Crippen LogP contribution in [0.15, 0.2) is 42.6 Å². The van der Waals surface area contributed by atoms with Gasteiger partial charge in [0.05, 0.1) is 13.2 Å². The van der Waals surface area contributed by atoms with E-state index in [1.54, 1.807) is 40.3 Å². The Morgan fingerprint density at radius 3 is 2.83 bits per heavy atom. The Hall–Kier alpha value is -2.51. The first-order valence-electron chi connectivity index (χ1n) is 9.62. The molecule has 6 nitrogen and oxygen atoms in total. The normalized spacial score (nSPS) is 22.0. The molecule has 2 fully saturated rings. The zero-order valence-electron chi connectivity index (χ0n) is 15.8. The van der Waals surface area contributed by atoms with E-state index in [2.05, 4.69) is 4.98 Å². The summed E-state index contributed by atoms with van der Waals surface area (Å²) < 4.78 is 19.1. The van der Waals surface area contributed by atoms with E-state index in [4.69, 9.17) is 16.3 Å². The zero-order chi connectivity index (χ0) is 20.4. The van der Waals surface area contributed by atoms with Crippen molar-refractivity contribution in [2.75, 3.05) is 26.2 Å². The number of morpholine rings is 1. The smallest absolute Gasteiger partial charge is 0.273 e. The molecule has 2 aliphatic heterocycles. The Labute approximate surface area is 173 Å². The molecule has 2 aliphatic rings. The number of hydrogen-bond acceptors (Lipinski definition) is 4. The van der Waals surface area contributed by atoms with Gasteiger partial charge in [-0.2, -0.15) is 0 Å². The van der Waals surface area contributed by atoms with Crippen molar-refractivity contribution in [1.29, 1.82) is 0 Å². The van der Waals surface area contributed by atoms with Crippen LogP contribution < -0.4 is 0 Å². The summed E-state index contributed by atoms with van der Waals surface area (Å²) in [5.74, 6) is -0.747. The lowest BCUT2D eigenvalue weighted by Gasteiger charge is -2.36. The molecule has 0 N–H and O–H groups in total. The van der Waals surface area contributed by atoms with Crippen molar-refractivity contribution in [3.05, 3.63) is 64.7 Å². The van der Waals surface area contributed by atoms with Crippen LogP contribution in [0.2, 0.25) is 5.02 Å². The molecule has 8 heteroatoms. The predicted molar refractivity (Wildman–Crippen MR) is 105 cm³/mol. The number of amides is 2. The van der Waals surface area contributed by atoms with Gasteiger partial charge < -0.3 is 14.5 Å². The topological polar surface area (TPSA) is 62.7 Å². The van der Waals surface area contributed by atoms with Gasteiger partial charge in [0.1, 0.15) is 23.7 Å². The molecule has 0 spiro atoms. The van der Waals surface area contributed by atoms with Crippen LogP contribution in [0, 0.1) is 5.82 Å². The molecule has 2 amide bonds. The third-order valence-corrected chi connectivity index (χ3v) is 5.70. The monoisotopic (exact) mass is 417 g/mol. The number of benzene rings is 1. The third kappa shape index (κ3) is 4.11. The van der Waals surface area contributed by atoms with Gasteiger partial charge in [0, 0.05) is 29.9 Å². The van der Waals surface area contributed by atoms with Crippen LogP contribution in [-0.4, -0.2) is 58.9 Å². The summed E-state index contributed by atoms with van der Waals surface area (Å²) in [5, 5.41) is 0.275. The number of rotatable bonds is 3. The van der Waals surface area contributed by atoms with Crippen molar-refractivity contribution >= 4 is 23.4 Å². The average Bonchev–Trinajstić information content (AvgIpc) is 3.23. The summed E-state index contributed by atoms with van der Waals surface area (Å²) in [7, 11) is 0. The summed E-state index contributed by atoms with van der Waals surface area (Å²) in [6.45, 7) is 1.64. The van der Waals surface area contributed by atoms with Gasteiger partial charge in [0.25, 0.3) is 5.91 Å². The number of aromatic nitrogens is 1. The van der Waals surface area contributed by atoms with Gasteiger partial charge in [-0.3, -0.25) is 14.6 Å². The van der Waals surface area contributed by atoms with Crippen molar-refractivity contribution in [2.45, 2.75) is 25.0 Å². The number of hydrogen-bond donors (Lipinski definition) is 0.